The minimum Gasteiger partial charge on any atom is -0.481 e. The van der Waals surface area contributed by atoms with Crippen LogP contribution >= 0.6 is 0 Å². The molecule has 1 aliphatic heterocycles. The Morgan fingerprint density at radius 2 is 2.11 bits per heavy atom. The van der Waals surface area contributed by atoms with Crippen molar-refractivity contribution in [3.63, 3.8) is 0 Å². The molecule has 4 heteroatoms. The summed E-state index contributed by atoms with van der Waals surface area (Å²) in [7, 11) is 0. The molecular formula is C15H19NO3. The summed E-state index contributed by atoms with van der Waals surface area (Å²) >= 11 is 0. The van der Waals surface area contributed by atoms with Crippen molar-refractivity contribution in [1.29, 1.82) is 0 Å². The molecule has 1 heterocycles. The summed E-state index contributed by atoms with van der Waals surface area (Å²) in [5.41, 5.74) is 1.07. The third-order valence-corrected chi connectivity index (χ3v) is 3.74. The van der Waals surface area contributed by atoms with Crippen LogP contribution in [0.25, 0.3) is 0 Å². The van der Waals surface area contributed by atoms with E-state index < -0.39 is 11.9 Å². The molecular weight excluding hydrogens is 242 g/mol. The van der Waals surface area contributed by atoms with E-state index in [4.69, 9.17) is 5.11 Å². The van der Waals surface area contributed by atoms with E-state index in [0.29, 0.717) is 19.4 Å². The van der Waals surface area contributed by atoms with Gasteiger partial charge in [0.15, 0.2) is 0 Å². The number of carboxylic acids is 1. The zero-order chi connectivity index (χ0) is 13.8. The molecule has 0 aromatic heterocycles. The van der Waals surface area contributed by atoms with E-state index in [0.717, 1.165) is 12.0 Å². The topological polar surface area (TPSA) is 57.6 Å². The molecule has 1 amide bonds. The van der Waals surface area contributed by atoms with Crippen LogP contribution in [0.5, 0.6) is 0 Å². The zero-order valence-electron chi connectivity index (χ0n) is 11.1. The van der Waals surface area contributed by atoms with E-state index in [2.05, 4.69) is 0 Å². The van der Waals surface area contributed by atoms with Crippen molar-refractivity contribution in [3.8, 4) is 0 Å². The number of hydrogen-bond acceptors (Lipinski definition) is 2. The molecule has 2 atom stereocenters. The molecule has 102 valence electrons. The van der Waals surface area contributed by atoms with Crippen LogP contribution in [0.1, 0.15) is 37.8 Å². The van der Waals surface area contributed by atoms with Crippen molar-refractivity contribution in [3.05, 3.63) is 35.9 Å². The summed E-state index contributed by atoms with van der Waals surface area (Å²) in [5.74, 6) is -1.18. The standard InChI is InChI=1S/C15H19NO3/c1-2-13(11-6-4-3-5-7-11)16-10-12(15(18)19)8-9-14(16)17/h3-7,12-13H,2,8-10H2,1H3,(H,18,19). The fourth-order valence-electron chi connectivity index (χ4n) is 2.69. The molecule has 1 fully saturated rings. The van der Waals surface area contributed by atoms with Gasteiger partial charge in [0.25, 0.3) is 0 Å². The summed E-state index contributed by atoms with van der Waals surface area (Å²) in [5, 5.41) is 9.13. The Labute approximate surface area is 113 Å². The van der Waals surface area contributed by atoms with Crippen LogP contribution in [0.15, 0.2) is 30.3 Å². The Bertz CT molecular complexity index is 458. The lowest BCUT2D eigenvalue weighted by Gasteiger charge is -2.37. The maximum Gasteiger partial charge on any atom is 0.308 e. The zero-order valence-corrected chi connectivity index (χ0v) is 11.1. The molecule has 0 spiro atoms. The van der Waals surface area contributed by atoms with Gasteiger partial charge in [0.2, 0.25) is 5.91 Å². The van der Waals surface area contributed by atoms with Crippen LogP contribution in [0.4, 0.5) is 0 Å². The maximum absolute atomic E-state index is 12.1. The molecule has 1 aliphatic rings. The lowest BCUT2D eigenvalue weighted by Crippen LogP contribution is -2.44. The van der Waals surface area contributed by atoms with Crippen LogP contribution in [0.2, 0.25) is 0 Å². The Kier molecular flexibility index (Phi) is 4.20. The average Bonchev–Trinajstić information content (AvgIpc) is 2.42. The van der Waals surface area contributed by atoms with Gasteiger partial charge in [-0.05, 0) is 18.4 Å². The summed E-state index contributed by atoms with van der Waals surface area (Å²) < 4.78 is 0. The highest BCUT2D eigenvalue weighted by Crippen LogP contribution is 2.30. The third-order valence-electron chi connectivity index (χ3n) is 3.74. The number of amides is 1. The van der Waals surface area contributed by atoms with Crippen LogP contribution in [-0.4, -0.2) is 28.4 Å². The van der Waals surface area contributed by atoms with Crippen molar-refractivity contribution < 1.29 is 14.7 Å². The first kappa shape index (κ1) is 13.6. The van der Waals surface area contributed by atoms with E-state index in [-0.39, 0.29) is 11.9 Å². The molecule has 2 rings (SSSR count). The molecule has 1 aromatic rings. The summed E-state index contributed by atoms with van der Waals surface area (Å²) in [6.07, 6.45) is 1.58. The van der Waals surface area contributed by atoms with Crippen LogP contribution in [0.3, 0.4) is 0 Å². The average molecular weight is 261 g/mol. The van der Waals surface area contributed by atoms with E-state index in [9.17, 15) is 9.59 Å². The number of carbonyl (C=O) groups excluding carboxylic acids is 1. The lowest BCUT2D eigenvalue weighted by atomic mass is 9.93. The summed E-state index contributed by atoms with van der Waals surface area (Å²) in [6.45, 7) is 2.34. The maximum atomic E-state index is 12.1. The summed E-state index contributed by atoms with van der Waals surface area (Å²) in [6, 6.07) is 9.80. The van der Waals surface area contributed by atoms with Gasteiger partial charge in [-0.15, -0.1) is 0 Å². The predicted molar refractivity (Wildman–Crippen MR) is 71.5 cm³/mol. The van der Waals surface area contributed by atoms with Crippen molar-refractivity contribution >= 4 is 11.9 Å². The number of hydrogen-bond donors (Lipinski definition) is 1. The molecule has 1 aromatic carbocycles. The highest BCUT2D eigenvalue weighted by Gasteiger charge is 2.33. The number of likely N-dealkylation sites (tertiary alicyclic amines) is 1. The minimum atomic E-state index is -0.805. The van der Waals surface area contributed by atoms with E-state index >= 15 is 0 Å². The van der Waals surface area contributed by atoms with Gasteiger partial charge >= 0.3 is 5.97 Å². The Morgan fingerprint density at radius 3 is 2.68 bits per heavy atom. The molecule has 2 unspecified atom stereocenters. The van der Waals surface area contributed by atoms with E-state index in [1.165, 1.54) is 0 Å². The molecule has 0 saturated carbocycles. The second-order valence-corrected chi connectivity index (χ2v) is 4.95. The third kappa shape index (κ3) is 2.95. The van der Waals surface area contributed by atoms with Crippen molar-refractivity contribution in [1.82, 2.24) is 4.90 Å². The van der Waals surface area contributed by atoms with Crippen LogP contribution < -0.4 is 0 Å². The molecule has 1 saturated heterocycles. The smallest absolute Gasteiger partial charge is 0.308 e. The van der Waals surface area contributed by atoms with Gasteiger partial charge in [-0.3, -0.25) is 9.59 Å². The normalized spacial score (nSPS) is 21.2. The Balaban J connectivity index is 2.21. The first-order valence-electron chi connectivity index (χ1n) is 6.70. The monoisotopic (exact) mass is 261 g/mol. The van der Waals surface area contributed by atoms with Crippen molar-refractivity contribution in [2.24, 2.45) is 5.92 Å². The van der Waals surface area contributed by atoms with Gasteiger partial charge < -0.3 is 10.0 Å². The molecule has 0 aliphatic carbocycles. The largest absolute Gasteiger partial charge is 0.481 e. The Hall–Kier alpha value is -1.84. The number of carboxylic acid groups (broad SMARTS) is 1. The first-order chi connectivity index (χ1) is 9.13. The Morgan fingerprint density at radius 1 is 1.42 bits per heavy atom. The molecule has 0 bridgehead atoms. The lowest BCUT2D eigenvalue weighted by molar-refractivity contribution is -0.148. The van der Waals surface area contributed by atoms with Crippen LogP contribution in [0, 0.1) is 5.92 Å². The fourth-order valence-corrected chi connectivity index (χ4v) is 2.69. The SMILES string of the molecule is CCC(c1ccccc1)N1CC(C(=O)O)CCC1=O. The highest BCUT2D eigenvalue weighted by molar-refractivity contribution is 5.81. The highest BCUT2D eigenvalue weighted by atomic mass is 16.4. The molecule has 4 nitrogen and oxygen atoms in total. The molecule has 0 radical (unpaired) electrons. The van der Waals surface area contributed by atoms with E-state index in [1.807, 2.05) is 37.3 Å². The van der Waals surface area contributed by atoms with Gasteiger partial charge in [0.1, 0.15) is 0 Å². The number of nitrogens with zero attached hydrogens (tertiary/aromatic N) is 1. The van der Waals surface area contributed by atoms with Gasteiger partial charge in [-0.2, -0.15) is 0 Å². The second-order valence-electron chi connectivity index (χ2n) is 4.95. The quantitative estimate of drug-likeness (QED) is 0.905. The van der Waals surface area contributed by atoms with Gasteiger partial charge in [0, 0.05) is 13.0 Å². The van der Waals surface area contributed by atoms with Crippen molar-refractivity contribution in [2.45, 2.75) is 32.2 Å². The fraction of sp³-hybridized carbons (Fsp3) is 0.467. The number of benzene rings is 1. The second kappa shape index (κ2) is 5.87. The van der Waals surface area contributed by atoms with Gasteiger partial charge in [-0.25, -0.2) is 0 Å². The molecule has 1 N–H and O–H groups in total. The molecule has 19 heavy (non-hydrogen) atoms. The minimum absolute atomic E-state index is 0.0177. The van der Waals surface area contributed by atoms with Crippen molar-refractivity contribution in [2.75, 3.05) is 6.54 Å². The van der Waals surface area contributed by atoms with Gasteiger partial charge in [-0.1, -0.05) is 37.3 Å². The van der Waals surface area contributed by atoms with Gasteiger partial charge in [0.05, 0.1) is 12.0 Å². The van der Waals surface area contributed by atoms with Crippen LogP contribution in [-0.2, 0) is 9.59 Å². The predicted octanol–water partition coefficient (Wildman–Crippen LogP) is 2.46. The number of rotatable bonds is 4. The van der Waals surface area contributed by atoms with E-state index in [1.54, 1.807) is 4.90 Å². The number of aliphatic carboxylic acids is 1. The first-order valence-corrected chi connectivity index (χ1v) is 6.70. The number of piperidine rings is 1. The summed E-state index contributed by atoms with van der Waals surface area (Å²) in [4.78, 5) is 24.9. The number of carbonyl (C=O) groups is 2.